The average molecular weight is 380 g/mol. The minimum Gasteiger partial charge on any atom is -0.326 e. The highest BCUT2D eigenvalue weighted by Crippen LogP contribution is 2.30. The van der Waals surface area contributed by atoms with Crippen molar-refractivity contribution in [3.8, 4) is 0 Å². The summed E-state index contributed by atoms with van der Waals surface area (Å²) in [7, 11) is 0. The molecule has 0 aliphatic carbocycles. The third-order valence-corrected chi connectivity index (χ3v) is 4.79. The number of anilines is 1. The number of hydrogen-bond acceptors (Lipinski definition) is 2. The normalized spacial score (nSPS) is 16.3. The first kappa shape index (κ1) is 19.4. The molecule has 0 spiro atoms. The molecule has 1 aliphatic heterocycles. The molecule has 1 amide bonds. The Morgan fingerprint density at radius 2 is 1.67 bits per heavy atom. The van der Waals surface area contributed by atoms with Crippen molar-refractivity contribution in [3.05, 3.63) is 65.5 Å². The summed E-state index contributed by atoms with van der Waals surface area (Å²) in [5.74, 6) is -0.635. The summed E-state index contributed by atoms with van der Waals surface area (Å²) in [5.41, 5.74) is 0.230. The van der Waals surface area contributed by atoms with Gasteiger partial charge < -0.3 is 5.32 Å². The van der Waals surface area contributed by atoms with E-state index < -0.39 is 11.7 Å². The molecule has 2 aromatic carbocycles. The molecule has 1 heterocycles. The second-order valence-electron chi connectivity index (χ2n) is 6.71. The molecule has 1 N–H and O–H groups in total. The van der Waals surface area contributed by atoms with Crippen molar-refractivity contribution >= 4 is 11.6 Å². The van der Waals surface area contributed by atoms with Crippen molar-refractivity contribution in [2.45, 2.75) is 25.6 Å². The fourth-order valence-electron chi connectivity index (χ4n) is 3.21. The lowest BCUT2D eigenvalue weighted by Crippen LogP contribution is -2.37. The third kappa shape index (κ3) is 5.07. The average Bonchev–Trinajstić information content (AvgIpc) is 2.64. The molecule has 1 aliphatic rings. The van der Waals surface area contributed by atoms with Crippen LogP contribution in [0.4, 0.5) is 23.2 Å². The van der Waals surface area contributed by atoms with Crippen LogP contribution in [0.1, 0.15) is 24.0 Å². The number of amides is 1. The number of rotatable bonds is 4. The zero-order chi connectivity index (χ0) is 19.4. The van der Waals surface area contributed by atoms with E-state index in [-0.39, 0.29) is 17.6 Å². The van der Waals surface area contributed by atoms with Crippen LogP contribution in [0.3, 0.4) is 0 Å². The number of halogens is 4. The van der Waals surface area contributed by atoms with E-state index >= 15 is 0 Å². The summed E-state index contributed by atoms with van der Waals surface area (Å²) < 4.78 is 51.5. The van der Waals surface area contributed by atoms with Gasteiger partial charge in [0.1, 0.15) is 5.82 Å². The van der Waals surface area contributed by atoms with E-state index in [1.165, 1.54) is 18.2 Å². The van der Waals surface area contributed by atoms with Gasteiger partial charge in [0.25, 0.3) is 0 Å². The molecule has 7 heteroatoms. The second-order valence-corrected chi connectivity index (χ2v) is 6.71. The van der Waals surface area contributed by atoms with Gasteiger partial charge in [-0.2, -0.15) is 13.2 Å². The summed E-state index contributed by atoms with van der Waals surface area (Å²) in [6, 6.07) is 11.0. The number of nitrogens with one attached hydrogen (secondary N) is 1. The van der Waals surface area contributed by atoms with E-state index in [0.717, 1.165) is 12.1 Å². The largest absolute Gasteiger partial charge is 0.416 e. The van der Waals surface area contributed by atoms with E-state index in [2.05, 4.69) is 10.2 Å². The van der Waals surface area contributed by atoms with Crippen molar-refractivity contribution in [3.63, 3.8) is 0 Å². The lowest BCUT2D eigenvalue weighted by atomic mass is 9.95. The van der Waals surface area contributed by atoms with Gasteiger partial charge in [0.15, 0.2) is 0 Å². The Morgan fingerprint density at radius 3 is 2.26 bits per heavy atom. The molecular weight excluding hydrogens is 360 g/mol. The minimum atomic E-state index is -4.40. The first-order chi connectivity index (χ1) is 12.8. The number of piperidine rings is 1. The van der Waals surface area contributed by atoms with E-state index in [0.29, 0.717) is 43.7 Å². The van der Waals surface area contributed by atoms with Crippen molar-refractivity contribution in [1.82, 2.24) is 4.90 Å². The van der Waals surface area contributed by atoms with Crippen LogP contribution in [0, 0.1) is 11.7 Å². The van der Waals surface area contributed by atoms with E-state index in [4.69, 9.17) is 0 Å². The van der Waals surface area contributed by atoms with Crippen LogP contribution in [-0.4, -0.2) is 23.9 Å². The van der Waals surface area contributed by atoms with Gasteiger partial charge in [-0.25, -0.2) is 4.39 Å². The minimum absolute atomic E-state index is 0.194. The molecule has 3 rings (SSSR count). The molecule has 1 fully saturated rings. The van der Waals surface area contributed by atoms with E-state index in [1.807, 2.05) is 0 Å². The van der Waals surface area contributed by atoms with Crippen molar-refractivity contribution in [2.75, 3.05) is 18.4 Å². The van der Waals surface area contributed by atoms with E-state index in [1.54, 1.807) is 18.2 Å². The smallest absolute Gasteiger partial charge is 0.326 e. The quantitative estimate of drug-likeness (QED) is 0.780. The molecule has 2 aromatic rings. The fraction of sp³-hybridized carbons (Fsp3) is 0.350. The molecule has 0 radical (unpaired) electrons. The maximum Gasteiger partial charge on any atom is 0.416 e. The van der Waals surface area contributed by atoms with Crippen molar-refractivity contribution < 1.29 is 22.4 Å². The van der Waals surface area contributed by atoms with Gasteiger partial charge in [0, 0.05) is 23.7 Å². The van der Waals surface area contributed by atoms with Gasteiger partial charge in [-0.3, -0.25) is 9.69 Å². The van der Waals surface area contributed by atoms with E-state index in [9.17, 15) is 22.4 Å². The van der Waals surface area contributed by atoms with Crippen LogP contribution < -0.4 is 5.32 Å². The monoisotopic (exact) mass is 380 g/mol. The number of nitrogens with zero attached hydrogens (tertiary/aromatic N) is 1. The molecule has 0 saturated carbocycles. The number of alkyl halides is 3. The Hall–Kier alpha value is -2.41. The summed E-state index contributed by atoms with van der Waals surface area (Å²) in [6.07, 6.45) is -3.14. The molecule has 0 aromatic heterocycles. The second kappa shape index (κ2) is 8.08. The number of likely N-dealkylation sites (tertiary alicyclic amines) is 1. The van der Waals surface area contributed by atoms with Crippen LogP contribution in [0.5, 0.6) is 0 Å². The van der Waals surface area contributed by atoms with Crippen LogP contribution in [0.25, 0.3) is 0 Å². The highest BCUT2D eigenvalue weighted by molar-refractivity contribution is 5.92. The molecule has 0 atom stereocenters. The fourth-order valence-corrected chi connectivity index (χ4v) is 3.21. The van der Waals surface area contributed by atoms with Gasteiger partial charge in [-0.15, -0.1) is 0 Å². The molecule has 0 unspecified atom stereocenters. The Labute approximate surface area is 155 Å². The summed E-state index contributed by atoms with van der Waals surface area (Å²) in [4.78, 5) is 14.5. The lowest BCUT2D eigenvalue weighted by molar-refractivity contribution is -0.137. The van der Waals surface area contributed by atoms with Gasteiger partial charge >= 0.3 is 6.18 Å². The van der Waals surface area contributed by atoms with Gasteiger partial charge in [0.05, 0.1) is 5.56 Å². The Balaban J connectivity index is 1.50. The molecule has 0 bridgehead atoms. The van der Waals surface area contributed by atoms with Gasteiger partial charge in [-0.05, 0) is 56.3 Å². The van der Waals surface area contributed by atoms with Crippen LogP contribution >= 0.6 is 0 Å². The van der Waals surface area contributed by atoms with Crippen LogP contribution in [0.15, 0.2) is 48.5 Å². The third-order valence-electron chi connectivity index (χ3n) is 4.79. The highest BCUT2D eigenvalue weighted by atomic mass is 19.4. The maximum atomic E-state index is 13.7. The molecule has 27 heavy (non-hydrogen) atoms. The standard InChI is InChI=1S/C20H20F4N2O/c21-18-4-2-1-3-15(18)13-26-11-9-14(10-12-26)19(27)25-17-7-5-16(6-8-17)20(22,23)24/h1-8,14H,9-13H2,(H,25,27). The highest BCUT2D eigenvalue weighted by Gasteiger charge is 2.30. The Kier molecular flexibility index (Phi) is 5.79. The summed E-state index contributed by atoms with van der Waals surface area (Å²) >= 11 is 0. The maximum absolute atomic E-state index is 13.7. The van der Waals surface area contributed by atoms with Crippen LogP contribution in [0.2, 0.25) is 0 Å². The lowest BCUT2D eigenvalue weighted by Gasteiger charge is -2.31. The predicted molar refractivity (Wildman–Crippen MR) is 94.5 cm³/mol. The number of carbonyl (C=O) groups excluding carboxylic acids is 1. The SMILES string of the molecule is O=C(Nc1ccc(C(F)(F)F)cc1)C1CCN(Cc2ccccc2F)CC1. The Morgan fingerprint density at radius 1 is 1.04 bits per heavy atom. The predicted octanol–water partition coefficient (Wildman–Crippen LogP) is 4.70. The number of hydrogen-bond donors (Lipinski definition) is 1. The van der Waals surface area contributed by atoms with Gasteiger partial charge in [0.2, 0.25) is 5.91 Å². The zero-order valence-corrected chi connectivity index (χ0v) is 14.6. The molecule has 1 saturated heterocycles. The molecule has 3 nitrogen and oxygen atoms in total. The number of carbonyl (C=O) groups is 1. The van der Waals surface area contributed by atoms with Gasteiger partial charge in [-0.1, -0.05) is 18.2 Å². The summed E-state index contributed by atoms with van der Waals surface area (Å²) in [5, 5.41) is 2.68. The first-order valence-corrected chi connectivity index (χ1v) is 8.77. The zero-order valence-electron chi connectivity index (χ0n) is 14.6. The van der Waals surface area contributed by atoms with Crippen molar-refractivity contribution in [2.24, 2.45) is 5.92 Å². The summed E-state index contributed by atoms with van der Waals surface area (Å²) in [6.45, 7) is 1.83. The van der Waals surface area contributed by atoms with Crippen molar-refractivity contribution in [1.29, 1.82) is 0 Å². The number of benzene rings is 2. The molecule has 144 valence electrons. The first-order valence-electron chi connectivity index (χ1n) is 8.77. The van der Waals surface area contributed by atoms with Crippen LogP contribution in [-0.2, 0) is 17.5 Å². The molecular formula is C20H20F4N2O. The Bertz CT molecular complexity index is 781. The topological polar surface area (TPSA) is 32.3 Å².